The molecule has 1 aromatic rings. The molecule has 0 aliphatic carbocycles. The number of likely N-dealkylation sites (tertiary alicyclic amines) is 1. The van der Waals surface area contributed by atoms with Crippen molar-refractivity contribution in [3.8, 4) is 11.5 Å². The number of thioether (sulfide) groups is 1. The number of benzene rings is 1. The third kappa shape index (κ3) is 1.87. The molecule has 0 N–H and O–H groups in total. The highest BCUT2D eigenvalue weighted by atomic mass is 32.2. The van der Waals surface area contributed by atoms with Crippen LogP contribution in [0.5, 0.6) is 11.5 Å². The standard InChI is InChI=1S/C14H15NO3S/c16-14(15-6-10-5-9(15)8-19-10)13-7-17-11-3-1-2-4-12(11)18-13/h1-4,9-10,13H,5-8H2. The van der Waals surface area contributed by atoms with Crippen LogP contribution in [0.2, 0.25) is 0 Å². The maximum atomic E-state index is 12.5. The Kier molecular flexibility index (Phi) is 2.62. The molecule has 0 aromatic heterocycles. The van der Waals surface area contributed by atoms with Crippen LogP contribution < -0.4 is 9.47 Å². The fourth-order valence-electron chi connectivity index (χ4n) is 3.00. The number of hydrogen-bond acceptors (Lipinski definition) is 4. The number of rotatable bonds is 1. The number of fused-ring (bicyclic) bond motifs is 3. The minimum Gasteiger partial charge on any atom is -0.485 e. The van der Waals surface area contributed by atoms with Crippen LogP contribution in [0.3, 0.4) is 0 Å². The molecule has 0 saturated carbocycles. The van der Waals surface area contributed by atoms with Gasteiger partial charge in [0.15, 0.2) is 11.5 Å². The highest BCUT2D eigenvalue weighted by Gasteiger charge is 2.44. The molecule has 5 heteroatoms. The highest BCUT2D eigenvalue weighted by Crippen LogP contribution is 2.38. The molecular weight excluding hydrogens is 262 g/mol. The maximum absolute atomic E-state index is 12.5. The SMILES string of the molecule is O=C(C1COc2ccccc2O1)N1CC2CC1CS2. The summed E-state index contributed by atoms with van der Waals surface area (Å²) in [5.74, 6) is 2.55. The third-order valence-electron chi connectivity index (χ3n) is 3.97. The van der Waals surface area contributed by atoms with Gasteiger partial charge in [0.1, 0.15) is 6.61 Å². The fraction of sp³-hybridized carbons (Fsp3) is 0.500. The Balaban J connectivity index is 1.50. The van der Waals surface area contributed by atoms with Crippen LogP contribution in [0.4, 0.5) is 0 Å². The quantitative estimate of drug-likeness (QED) is 0.780. The van der Waals surface area contributed by atoms with Gasteiger partial charge in [0.05, 0.1) is 0 Å². The Hall–Kier alpha value is -1.36. The molecule has 3 aliphatic rings. The van der Waals surface area contributed by atoms with Gasteiger partial charge in [-0.25, -0.2) is 0 Å². The predicted octanol–water partition coefficient (Wildman–Crippen LogP) is 1.54. The summed E-state index contributed by atoms with van der Waals surface area (Å²) in [6.07, 6.45) is 0.653. The maximum Gasteiger partial charge on any atom is 0.267 e. The van der Waals surface area contributed by atoms with Gasteiger partial charge in [-0.05, 0) is 18.6 Å². The van der Waals surface area contributed by atoms with Crippen molar-refractivity contribution in [3.05, 3.63) is 24.3 Å². The predicted molar refractivity (Wildman–Crippen MR) is 72.7 cm³/mol. The van der Waals surface area contributed by atoms with Gasteiger partial charge in [0.2, 0.25) is 6.10 Å². The number of carbonyl (C=O) groups excluding carboxylic acids is 1. The second kappa shape index (κ2) is 4.34. The van der Waals surface area contributed by atoms with E-state index in [1.165, 1.54) is 0 Å². The molecule has 19 heavy (non-hydrogen) atoms. The van der Waals surface area contributed by atoms with Gasteiger partial charge in [-0.1, -0.05) is 12.1 Å². The van der Waals surface area contributed by atoms with Crippen molar-refractivity contribution in [2.24, 2.45) is 0 Å². The van der Waals surface area contributed by atoms with Gasteiger partial charge in [-0.15, -0.1) is 0 Å². The summed E-state index contributed by atoms with van der Waals surface area (Å²) in [5.41, 5.74) is 0. The molecule has 100 valence electrons. The zero-order valence-corrected chi connectivity index (χ0v) is 11.3. The molecule has 2 saturated heterocycles. The van der Waals surface area contributed by atoms with Crippen molar-refractivity contribution < 1.29 is 14.3 Å². The molecule has 3 unspecified atom stereocenters. The lowest BCUT2D eigenvalue weighted by Gasteiger charge is -2.32. The molecule has 0 spiro atoms. The van der Waals surface area contributed by atoms with Gasteiger partial charge < -0.3 is 14.4 Å². The molecule has 4 rings (SSSR count). The average Bonchev–Trinajstić information content (AvgIpc) is 3.08. The summed E-state index contributed by atoms with van der Waals surface area (Å²) < 4.78 is 11.4. The van der Waals surface area contributed by atoms with E-state index >= 15 is 0 Å². The van der Waals surface area contributed by atoms with Crippen LogP contribution in [0.25, 0.3) is 0 Å². The molecule has 1 amide bonds. The van der Waals surface area contributed by atoms with Crippen molar-refractivity contribution in [3.63, 3.8) is 0 Å². The van der Waals surface area contributed by atoms with Crippen molar-refractivity contribution in [2.45, 2.75) is 23.8 Å². The second-order valence-electron chi connectivity index (χ2n) is 5.20. The lowest BCUT2D eigenvalue weighted by Crippen LogP contribution is -2.49. The monoisotopic (exact) mass is 277 g/mol. The van der Waals surface area contributed by atoms with Gasteiger partial charge in [0, 0.05) is 23.6 Å². The summed E-state index contributed by atoms with van der Waals surface area (Å²) in [6.45, 7) is 1.19. The minimum atomic E-state index is -0.487. The molecule has 3 heterocycles. The average molecular weight is 277 g/mol. The van der Waals surface area contributed by atoms with Gasteiger partial charge in [-0.2, -0.15) is 11.8 Å². The molecular formula is C14H15NO3S. The van der Waals surface area contributed by atoms with Crippen molar-refractivity contribution in [1.29, 1.82) is 0 Å². The Morgan fingerprint density at radius 2 is 2.16 bits per heavy atom. The first-order chi connectivity index (χ1) is 9.31. The number of amides is 1. The molecule has 0 radical (unpaired) electrons. The summed E-state index contributed by atoms with van der Waals surface area (Å²) >= 11 is 1.98. The van der Waals surface area contributed by atoms with E-state index in [9.17, 15) is 4.79 Å². The molecule has 3 aliphatic heterocycles. The number of carbonyl (C=O) groups is 1. The molecule has 2 bridgehead atoms. The van der Waals surface area contributed by atoms with E-state index in [-0.39, 0.29) is 5.91 Å². The van der Waals surface area contributed by atoms with Crippen molar-refractivity contribution in [1.82, 2.24) is 4.90 Å². The van der Waals surface area contributed by atoms with E-state index < -0.39 is 6.10 Å². The highest BCUT2D eigenvalue weighted by molar-refractivity contribution is 8.00. The number of para-hydroxylation sites is 2. The second-order valence-corrected chi connectivity index (χ2v) is 6.53. The van der Waals surface area contributed by atoms with Gasteiger partial charge in [-0.3, -0.25) is 4.79 Å². The van der Waals surface area contributed by atoms with Crippen LogP contribution in [0.15, 0.2) is 24.3 Å². The van der Waals surface area contributed by atoms with Crippen molar-refractivity contribution in [2.75, 3.05) is 18.9 Å². The fourth-order valence-corrected chi connectivity index (χ4v) is 4.43. The van der Waals surface area contributed by atoms with E-state index in [1.807, 2.05) is 40.9 Å². The summed E-state index contributed by atoms with van der Waals surface area (Å²) in [7, 11) is 0. The largest absolute Gasteiger partial charge is 0.485 e. The van der Waals surface area contributed by atoms with E-state index in [1.54, 1.807) is 0 Å². The Morgan fingerprint density at radius 1 is 1.32 bits per heavy atom. The molecule has 4 nitrogen and oxygen atoms in total. The van der Waals surface area contributed by atoms with E-state index in [0.29, 0.717) is 23.6 Å². The minimum absolute atomic E-state index is 0.0855. The van der Waals surface area contributed by atoms with Crippen LogP contribution in [-0.2, 0) is 4.79 Å². The van der Waals surface area contributed by atoms with Crippen LogP contribution >= 0.6 is 11.8 Å². The zero-order valence-electron chi connectivity index (χ0n) is 10.5. The normalized spacial score (nSPS) is 31.6. The third-order valence-corrected chi connectivity index (χ3v) is 5.36. The van der Waals surface area contributed by atoms with E-state index in [0.717, 1.165) is 24.5 Å². The lowest BCUT2D eigenvalue weighted by atomic mass is 10.2. The molecule has 2 fully saturated rings. The first kappa shape index (κ1) is 11.5. The number of ether oxygens (including phenoxy) is 2. The summed E-state index contributed by atoms with van der Waals surface area (Å²) in [6, 6.07) is 7.92. The van der Waals surface area contributed by atoms with Crippen LogP contribution in [0, 0.1) is 0 Å². The smallest absolute Gasteiger partial charge is 0.267 e. The zero-order chi connectivity index (χ0) is 12.8. The van der Waals surface area contributed by atoms with Crippen LogP contribution in [-0.4, -0.2) is 47.1 Å². The Bertz CT molecular complexity index is 521. The van der Waals surface area contributed by atoms with E-state index in [2.05, 4.69) is 0 Å². The molecule has 1 aromatic carbocycles. The number of nitrogens with zero attached hydrogens (tertiary/aromatic N) is 1. The van der Waals surface area contributed by atoms with Gasteiger partial charge >= 0.3 is 0 Å². The summed E-state index contributed by atoms with van der Waals surface area (Å²) in [5, 5.41) is 0.630. The van der Waals surface area contributed by atoms with Crippen molar-refractivity contribution >= 4 is 17.7 Å². The summed E-state index contributed by atoms with van der Waals surface area (Å²) in [4.78, 5) is 14.5. The molecule has 3 atom stereocenters. The lowest BCUT2D eigenvalue weighted by molar-refractivity contribution is -0.141. The Morgan fingerprint density at radius 3 is 2.89 bits per heavy atom. The number of hydrogen-bond donors (Lipinski definition) is 0. The van der Waals surface area contributed by atoms with E-state index in [4.69, 9.17) is 9.47 Å². The first-order valence-electron chi connectivity index (χ1n) is 6.62. The Labute approximate surface area is 116 Å². The van der Waals surface area contributed by atoms with Crippen LogP contribution in [0.1, 0.15) is 6.42 Å². The van der Waals surface area contributed by atoms with Gasteiger partial charge in [0.25, 0.3) is 5.91 Å². The topological polar surface area (TPSA) is 38.8 Å². The first-order valence-corrected chi connectivity index (χ1v) is 7.67.